The van der Waals surface area contributed by atoms with E-state index in [0.717, 1.165) is 57.8 Å². The molecular formula is C47H89O13P. The number of ether oxygens (including phenoxy) is 2. The molecule has 1 aliphatic carbocycles. The van der Waals surface area contributed by atoms with Crippen molar-refractivity contribution in [3.8, 4) is 0 Å². The SMILES string of the molecule is CCCCCC/C=C\CCCCCCCC(=O)O[C@H](COC(=O)CCCCCCCCCCCCCCCCCCCCC)COP(=O)(O)OC1C(O)C(O)C(O)[C@@H](O)C1O. The van der Waals surface area contributed by atoms with E-state index in [0.29, 0.717) is 12.8 Å². The lowest BCUT2D eigenvalue weighted by Gasteiger charge is -2.41. The summed E-state index contributed by atoms with van der Waals surface area (Å²) in [5, 5.41) is 50.2. The predicted molar refractivity (Wildman–Crippen MR) is 240 cm³/mol. The van der Waals surface area contributed by atoms with Crippen LogP contribution in [-0.4, -0.2) is 98.3 Å². The molecule has 0 radical (unpaired) electrons. The van der Waals surface area contributed by atoms with Gasteiger partial charge in [-0.15, -0.1) is 0 Å². The highest BCUT2D eigenvalue weighted by molar-refractivity contribution is 7.47. The van der Waals surface area contributed by atoms with Crippen molar-refractivity contribution >= 4 is 19.8 Å². The van der Waals surface area contributed by atoms with Crippen LogP contribution in [0.1, 0.15) is 219 Å². The van der Waals surface area contributed by atoms with Crippen molar-refractivity contribution in [3.05, 3.63) is 12.2 Å². The van der Waals surface area contributed by atoms with Crippen LogP contribution in [0.3, 0.4) is 0 Å². The Kier molecular flexibility index (Phi) is 35.8. The number of phosphoric acid groups is 1. The number of esters is 2. The lowest BCUT2D eigenvalue weighted by atomic mass is 9.85. The van der Waals surface area contributed by atoms with E-state index in [9.17, 15) is 44.6 Å². The predicted octanol–water partition coefficient (Wildman–Crippen LogP) is 9.84. The van der Waals surface area contributed by atoms with Gasteiger partial charge in [0.1, 0.15) is 43.2 Å². The third kappa shape index (κ3) is 30.4. The van der Waals surface area contributed by atoms with Crippen LogP contribution < -0.4 is 0 Å². The van der Waals surface area contributed by atoms with Crippen molar-refractivity contribution in [1.82, 2.24) is 0 Å². The summed E-state index contributed by atoms with van der Waals surface area (Å²) in [6.07, 6.45) is 27.0. The van der Waals surface area contributed by atoms with Crippen LogP contribution in [0.5, 0.6) is 0 Å². The van der Waals surface area contributed by atoms with Gasteiger partial charge in [-0.25, -0.2) is 4.57 Å². The van der Waals surface area contributed by atoms with Gasteiger partial charge in [0.15, 0.2) is 6.10 Å². The summed E-state index contributed by atoms with van der Waals surface area (Å²) >= 11 is 0. The maximum Gasteiger partial charge on any atom is 0.472 e. The zero-order chi connectivity index (χ0) is 45.0. The topological polar surface area (TPSA) is 210 Å². The summed E-state index contributed by atoms with van der Waals surface area (Å²) in [7, 11) is -5.11. The van der Waals surface area contributed by atoms with Crippen LogP contribution in [0, 0.1) is 0 Å². The number of unbranched alkanes of at least 4 members (excludes halogenated alkanes) is 27. The molecule has 1 aliphatic rings. The lowest BCUT2D eigenvalue weighted by Crippen LogP contribution is -2.64. The molecule has 0 aromatic heterocycles. The van der Waals surface area contributed by atoms with Crippen LogP contribution in [0.4, 0.5) is 0 Å². The summed E-state index contributed by atoms with van der Waals surface area (Å²) in [6.45, 7) is 3.30. The zero-order valence-corrected chi connectivity index (χ0v) is 39.1. The molecule has 1 saturated carbocycles. The first-order valence-corrected chi connectivity index (χ1v) is 26.0. The van der Waals surface area contributed by atoms with Crippen molar-refractivity contribution in [2.75, 3.05) is 13.2 Å². The Morgan fingerprint density at radius 1 is 0.492 bits per heavy atom. The molecule has 0 aromatic carbocycles. The van der Waals surface area contributed by atoms with E-state index in [4.69, 9.17) is 18.5 Å². The van der Waals surface area contributed by atoms with Crippen LogP contribution in [-0.2, 0) is 32.7 Å². The molecule has 1 rings (SSSR count). The molecule has 13 nitrogen and oxygen atoms in total. The van der Waals surface area contributed by atoms with Gasteiger partial charge in [0.2, 0.25) is 0 Å². The molecule has 0 spiro atoms. The summed E-state index contributed by atoms with van der Waals surface area (Å²) in [4.78, 5) is 35.7. The Labute approximate surface area is 369 Å². The first kappa shape index (κ1) is 57.6. The summed E-state index contributed by atoms with van der Waals surface area (Å²) in [5.41, 5.74) is 0. The maximum atomic E-state index is 12.8. The fourth-order valence-electron chi connectivity index (χ4n) is 7.64. The van der Waals surface area contributed by atoms with Gasteiger partial charge in [0, 0.05) is 12.8 Å². The van der Waals surface area contributed by atoms with Gasteiger partial charge in [-0.3, -0.25) is 18.6 Å². The largest absolute Gasteiger partial charge is 0.472 e. The van der Waals surface area contributed by atoms with E-state index < -0.39 is 75.7 Å². The number of hydrogen-bond acceptors (Lipinski definition) is 12. The number of rotatable bonds is 41. The molecule has 0 saturated heterocycles. The molecule has 8 atom stereocenters. The minimum absolute atomic E-state index is 0.0906. The maximum absolute atomic E-state index is 12.8. The second-order valence-corrected chi connectivity index (χ2v) is 18.7. The number of aliphatic hydroxyl groups is 5. The number of carbonyl (C=O) groups is 2. The number of allylic oxidation sites excluding steroid dienone is 2. The summed E-state index contributed by atoms with van der Waals surface area (Å²) in [5.74, 6) is -1.10. The summed E-state index contributed by atoms with van der Waals surface area (Å²) in [6, 6.07) is 0. The molecule has 6 unspecified atom stereocenters. The molecule has 14 heteroatoms. The highest BCUT2D eigenvalue weighted by Gasteiger charge is 2.51. The van der Waals surface area contributed by atoms with Crippen molar-refractivity contribution in [3.63, 3.8) is 0 Å². The minimum Gasteiger partial charge on any atom is -0.462 e. The molecule has 0 heterocycles. The van der Waals surface area contributed by atoms with Crippen molar-refractivity contribution in [2.45, 2.75) is 262 Å². The molecular weight excluding hydrogens is 803 g/mol. The zero-order valence-electron chi connectivity index (χ0n) is 38.2. The second kappa shape index (κ2) is 37.9. The molecule has 61 heavy (non-hydrogen) atoms. The monoisotopic (exact) mass is 893 g/mol. The van der Waals surface area contributed by atoms with Gasteiger partial charge in [-0.1, -0.05) is 180 Å². The molecule has 6 N–H and O–H groups in total. The van der Waals surface area contributed by atoms with E-state index in [-0.39, 0.29) is 12.8 Å². The van der Waals surface area contributed by atoms with E-state index in [1.54, 1.807) is 0 Å². The van der Waals surface area contributed by atoms with Crippen LogP contribution >= 0.6 is 7.82 Å². The Balaban J connectivity index is 2.39. The lowest BCUT2D eigenvalue weighted by molar-refractivity contribution is -0.220. The van der Waals surface area contributed by atoms with Crippen LogP contribution in [0.15, 0.2) is 12.2 Å². The average molecular weight is 893 g/mol. The Morgan fingerprint density at radius 3 is 1.26 bits per heavy atom. The van der Waals surface area contributed by atoms with Crippen molar-refractivity contribution in [2.24, 2.45) is 0 Å². The fraction of sp³-hybridized carbons (Fsp3) is 0.915. The molecule has 1 fully saturated rings. The first-order chi connectivity index (χ1) is 29.4. The Morgan fingerprint density at radius 2 is 0.836 bits per heavy atom. The van der Waals surface area contributed by atoms with E-state index in [2.05, 4.69) is 26.0 Å². The number of carbonyl (C=O) groups excluding carboxylic acids is 2. The third-order valence-corrected chi connectivity index (χ3v) is 12.6. The van der Waals surface area contributed by atoms with Gasteiger partial charge in [0.25, 0.3) is 0 Å². The highest BCUT2D eigenvalue weighted by Crippen LogP contribution is 2.47. The second-order valence-electron chi connectivity index (χ2n) is 17.3. The standard InChI is InChI=1S/C47H89O13P/c1-3-5-7-9-11-13-15-17-18-19-20-21-22-24-25-27-29-31-33-35-40(48)57-37-39(38-58-61(55,56)60-47-45(53)43(51)42(50)44(52)46(47)54)59-41(49)36-34-32-30-28-26-23-16-14-12-10-8-6-4-2/h14,16,39,42-47,50-54H,3-13,15,17-38H2,1-2H3,(H,55,56)/b16-14-/t39-,42?,43-,44?,45?,46?,47?/m1/s1. The van der Waals surface area contributed by atoms with Crippen molar-refractivity contribution < 1.29 is 63.1 Å². The molecule has 0 aromatic rings. The van der Waals surface area contributed by atoms with Crippen LogP contribution in [0.25, 0.3) is 0 Å². The van der Waals surface area contributed by atoms with Crippen LogP contribution in [0.2, 0.25) is 0 Å². The quantitative estimate of drug-likeness (QED) is 0.0146. The minimum atomic E-state index is -5.11. The number of phosphoric ester groups is 1. The Hall–Kier alpha value is -1.41. The third-order valence-electron chi connectivity index (χ3n) is 11.6. The van der Waals surface area contributed by atoms with Gasteiger partial charge in [-0.05, 0) is 38.5 Å². The van der Waals surface area contributed by atoms with Gasteiger partial charge in [0.05, 0.1) is 6.61 Å². The number of aliphatic hydroxyl groups excluding tert-OH is 5. The molecule has 360 valence electrons. The fourth-order valence-corrected chi connectivity index (χ4v) is 8.61. The van der Waals surface area contributed by atoms with Gasteiger partial charge >= 0.3 is 19.8 Å². The molecule has 0 bridgehead atoms. The molecule has 0 aliphatic heterocycles. The summed E-state index contributed by atoms with van der Waals surface area (Å²) < 4.78 is 33.6. The van der Waals surface area contributed by atoms with E-state index in [1.165, 1.54) is 122 Å². The smallest absolute Gasteiger partial charge is 0.462 e. The average Bonchev–Trinajstić information content (AvgIpc) is 3.24. The molecule has 0 amide bonds. The highest BCUT2D eigenvalue weighted by atomic mass is 31.2. The van der Waals surface area contributed by atoms with Crippen molar-refractivity contribution in [1.29, 1.82) is 0 Å². The van der Waals surface area contributed by atoms with Gasteiger partial charge in [-0.2, -0.15) is 0 Å². The van der Waals surface area contributed by atoms with Gasteiger partial charge < -0.3 is 39.9 Å². The normalized spacial score (nSPS) is 22.0. The van der Waals surface area contributed by atoms with E-state index in [1.807, 2.05) is 0 Å². The number of hydrogen-bond donors (Lipinski definition) is 6. The van der Waals surface area contributed by atoms with E-state index >= 15 is 0 Å². The first-order valence-electron chi connectivity index (χ1n) is 24.5. The Bertz CT molecular complexity index is 1120.